The molecule has 0 saturated heterocycles. The van der Waals surface area contributed by atoms with Gasteiger partial charge in [0.2, 0.25) is 0 Å². The number of fused-ring (bicyclic) bond motifs is 1. The normalized spacial score (nSPS) is 10.9. The molecule has 0 aliphatic carbocycles. The van der Waals surface area contributed by atoms with Crippen molar-refractivity contribution in [2.24, 2.45) is 7.05 Å². The molecule has 0 N–H and O–H groups in total. The van der Waals surface area contributed by atoms with Gasteiger partial charge >= 0.3 is 0 Å². The van der Waals surface area contributed by atoms with Gasteiger partial charge in [-0.05, 0) is 17.7 Å². The Morgan fingerprint density at radius 3 is 3.08 bits per heavy atom. The Hall–Kier alpha value is -1.35. The van der Waals surface area contributed by atoms with E-state index in [1.807, 2.05) is 17.9 Å². The van der Waals surface area contributed by atoms with E-state index in [-0.39, 0.29) is 0 Å². The van der Waals surface area contributed by atoms with Crippen LogP contribution in [0.25, 0.3) is 10.9 Å². The zero-order chi connectivity index (χ0) is 9.26. The molecule has 0 saturated carbocycles. The minimum Gasteiger partial charge on any atom is -0.380 e. The van der Waals surface area contributed by atoms with Gasteiger partial charge in [0.1, 0.15) is 0 Å². The van der Waals surface area contributed by atoms with Gasteiger partial charge in [0.15, 0.2) is 0 Å². The zero-order valence-electron chi connectivity index (χ0n) is 7.82. The number of aryl methyl sites for hydroxylation is 1. The van der Waals surface area contributed by atoms with Crippen LogP contribution in [0.3, 0.4) is 0 Å². The van der Waals surface area contributed by atoms with Gasteiger partial charge in [-0.25, -0.2) is 0 Å². The molecule has 0 bridgehead atoms. The zero-order valence-corrected chi connectivity index (χ0v) is 7.82. The summed E-state index contributed by atoms with van der Waals surface area (Å²) in [6, 6.07) is 6.23. The van der Waals surface area contributed by atoms with Crippen LogP contribution in [0.4, 0.5) is 0 Å². The first-order valence-electron chi connectivity index (χ1n) is 4.21. The number of benzene rings is 1. The van der Waals surface area contributed by atoms with E-state index in [0.717, 1.165) is 10.9 Å². The quantitative estimate of drug-likeness (QED) is 0.696. The van der Waals surface area contributed by atoms with E-state index in [9.17, 15) is 0 Å². The predicted octanol–water partition coefficient (Wildman–Crippen LogP) is 1.72. The van der Waals surface area contributed by atoms with Crippen molar-refractivity contribution < 1.29 is 4.74 Å². The van der Waals surface area contributed by atoms with Crippen molar-refractivity contribution >= 4 is 10.9 Å². The summed E-state index contributed by atoms with van der Waals surface area (Å²) in [6.45, 7) is 0.658. The lowest BCUT2D eigenvalue weighted by molar-refractivity contribution is 0.185. The monoisotopic (exact) mass is 176 g/mol. The summed E-state index contributed by atoms with van der Waals surface area (Å²) in [5, 5.41) is 5.34. The Bertz CT molecular complexity index is 420. The third kappa shape index (κ3) is 1.42. The number of nitrogens with zero attached hydrogens (tertiary/aromatic N) is 2. The summed E-state index contributed by atoms with van der Waals surface area (Å²) in [5.41, 5.74) is 2.34. The first kappa shape index (κ1) is 8.26. The van der Waals surface area contributed by atoms with E-state index < -0.39 is 0 Å². The van der Waals surface area contributed by atoms with Crippen LogP contribution >= 0.6 is 0 Å². The highest BCUT2D eigenvalue weighted by atomic mass is 16.5. The molecule has 2 rings (SSSR count). The minimum absolute atomic E-state index is 0.658. The van der Waals surface area contributed by atoms with Crippen molar-refractivity contribution in [1.29, 1.82) is 0 Å². The standard InChI is InChI=1S/C10H12N2O/c1-12-10-4-3-8(7-13-2)5-9(10)6-11-12/h3-6H,7H2,1-2H3. The van der Waals surface area contributed by atoms with E-state index in [1.165, 1.54) is 5.56 Å². The minimum atomic E-state index is 0.658. The molecular formula is C10H12N2O. The molecule has 68 valence electrons. The van der Waals surface area contributed by atoms with Gasteiger partial charge in [0.25, 0.3) is 0 Å². The molecule has 1 heterocycles. The third-order valence-corrected chi connectivity index (χ3v) is 2.12. The molecule has 1 aromatic carbocycles. The fraction of sp³-hybridized carbons (Fsp3) is 0.300. The van der Waals surface area contributed by atoms with Crippen LogP contribution in [0.1, 0.15) is 5.56 Å². The summed E-state index contributed by atoms with van der Waals surface area (Å²) >= 11 is 0. The lowest BCUT2D eigenvalue weighted by Crippen LogP contribution is -1.90. The Labute approximate surface area is 76.9 Å². The number of aromatic nitrogens is 2. The van der Waals surface area contributed by atoms with Crippen LogP contribution in [0, 0.1) is 0 Å². The van der Waals surface area contributed by atoms with E-state index in [4.69, 9.17) is 4.74 Å². The SMILES string of the molecule is COCc1ccc2c(cnn2C)c1. The van der Waals surface area contributed by atoms with Gasteiger partial charge in [-0.2, -0.15) is 5.10 Å². The second-order valence-electron chi connectivity index (χ2n) is 3.09. The van der Waals surface area contributed by atoms with E-state index in [1.54, 1.807) is 7.11 Å². The lowest BCUT2D eigenvalue weighted by Gasteiger charge is -1.99. The number of hydrogen-bond donors (Lipinski definition) is 0. The first-order valence-corrected chi connectivity index (χ1v) is 4.21. The van der Waals surface area contributed by atoms with Crippen molar-refractivity contribution in [1.82, 2.24) is 9.78 Å². The van der Waals surface area contributed by atoms with Crippen LogP contribution in [0.15, 0.2) is 24.4 Å². The largest absolute Gasteiger partial charge is 0.380 e. The molecule has 0 amide bonds. The average Bonchev–Trinajstić information content (AvgIpc) is 2.48. The van der Waals surface area contributed by atoms with Gasteiger partial charge in [0, 0.05) is 19.5 Å². The number of methoxy groups -OCH3 is 1. The molecular weight excluding hydrogens is 164 g/mol. The summed E-state index contributed by atoms with van der Waals surface area (Å²) in [5.74, 6) is 0. The van der Waals surface area contributed by atoms with Crippen LogP contribution in [0.5, 0.6) is 0 Å². The topological polar surface area (TPSA) is 27.1 Å². The van der Waals surface area contributed by atoms with E-state index in [0.29, 0.717) is 6.61 Å². The maximum atomic E-state index is 5.06. The molecule has 0 spiro atoms. The molecule has 3 nitrogen and oxygen atoms in total. The predicted molar refractivity (Wildman–Crippen MR) is 51.4 cm³/mol. The molecule has 0 aliphatic heterocycles. The third-order valence-electron chi connectivity index (χ3n) is 2.12. The average molecular weight is 176 g/mol. The van der Waals surface area contributed by atoms with Crippen LogP contribution in [-0.4, -0.2) is 16.9 Å². The van der Waals surface area contributed by atoms with Gasteiger partial charge in [-0.1, -0.05) is 6.07 Å². The molecule has 0 aliphatic rings. The Morgan fingerprint density at radius 1 is 1.46 bits per heavy atom. The van der Waals surface area contributed by atoms with Crippen molar-refractivity contribution in [3.05, 3.63) is 30.0 Å². The van der Waals surface area contributed by atoms with E-state index >= 15 is 0 Å². The van der Waals surface area contributed by atoms with Gasteiger partial charge < -0.3 is 4.74 Å². The number of hydrogen-bond acceptors (Lipinski definition) is 2. The summed E-state index contributed by atoms with van der Waals surface area (Å²) in [7, 11) is 3.64. The van der Waals surface area contributed by atoms with Crippen molar-refractivity contribution in [3.63, 3.8) is 0 Å². The van der Waals surface area contributed by atoms with Crippen LogP contribution in [-0.2, 0) is 18.4 Å². The molecule has 0 unspecified atom stereocenters. The molecule has 0 fully saturated rings. The summed E-state index contributed by atoms with van der Waals surface area (Å²) in [6.07, 6.45) is 1.87. The molecule has 13 heavy (non-hydrogen) atoms. The highest BCUT2D eigenvalue weighted by Gasteiger charge is 1.99. The molecule has 0 radical (unpaired) electrons. The molecule has 1 aromatic heterocycles. The maximum absolute atomic E-state index is 5.06. The molecule has 2 aromatic rings. The summed E-state index contributed by atoms with van der Waals surface area (Å²) in [4.78, 5) is 0. The Balaban J connectivity index is 2.50. The van der Waals surface area contributed by atoms with E-state index in [2.05, 4.69) is 23.3 Å². The van der Waals surface area contributed by atoms with Crippen LogP contribution in [0.2, 0.25) is 0 Å². The first-order chi connectivity index (χ1) is 6.31. The fourth-order valence-electron chi connectivity index (χ4n) is 1.47. The second kappa shape index (κ2) is 3.18. The number of rotatable bonds is 2. The van der Waals surface area contributed by atoms with Crippen molar-refractivity contribution in [3.8, 4) is 0 Å². The van der Waals surface area contributed by atoms with Gasteiger partial charge in [-0.15, -0.1) is 0 Å². The van der Waals surface area contributed by atoms with Gasteiger partial charge in [-0.3, -0.25) is 4.68 Å². The summed E-state index contributed by atoms with van der Waals surface area (Å²) < 4.78 is 6.92. The second-order valence-corrected chi connectivity index (χ2v) is 3.09. The van der Waals surface area contributed by atoms with Crippen molar-refractivity contribution in [2.45, 2.75) is 6.61 Å². The molecule has 0 atom stereocenters. The molecule has 3 heteroatoms. The maximum Gasteiger partial charge on any atom is 0.0713 e. The number of ether oxygens (including phenoxy) is 1. The van der Waals surface area contributed by atoms with Crippen LogP contribution < -0.4 is 0 Å². The smallest absolute Gasteiger partial charge is 0.0713 e. The highest BCUT2D eigenvalue weighted by molar-refractivity contribution is 5.79. The Morgan fingerprint density at radius 2 is 2.31 bits per heavy atom. The fourth-order valence-corrected chi connectivity index (χ4v) is 1.47. The Kier molecular flexibility index (Phi) is 2.02. The van der Waals surface area contributed by atoms with Gasteiger partial charge in [0.05, 0.1) is 18.3 Å². The lowest BCUT2D eigenvalue weighted by atomic mass is 10.2. The highest BCUT2D eigenvalue weighted by Crippen LogP contribution is 2.15. The van der Waals surface area contributed by atoms with Crippen molar-refractivity contribution in [2.75, 3.05) is 7.11 Å².